The summed E-state index contributed by atoms with van der Waals surface area (Å²) in [6.45, 7) is 7.31. The summed E-state index contributed by atoms with van der Waals surface area (Å²) in [7, 11) is 0. The van der Waals surface area contributed by atoms with E-state index in [4.69, 9.17) is 4.42 Å². The number of amides is 1. The molecule has 0 aliphatic carbocycles. The van der Waals surface area contributed by atoms with Crippen molar-refractivity contribution in [3.63, 3.8) is 0 Å². The molecule has 0 bridgehead atoms. The van der Waals surface area contributed by atoms with E-state index in [1.807, 2.05) is 6.07 Å². The lowest BCUT2D eigenvalue weighted by Gasteiger charge is -2.25. The molecule has 28 heavy (non-hydrogen) atoms. The van der Waals surface area contributed by atoms with Crippen molar-refractivity contribution < 1.29 is 19.1 Å². The average Bonchev–Trinajstić information content (AvgIpc) is 3.33. The number of carbonyl (C=O) groups is 2. The molecule has 3 rings (SSSR count). The number of likely N-dealkylation sites (tertiary alicyclic amines) is 1. The molecule has 0 radical (unpaired) electrons. The smallest absolute Gasteiger partial charge is 0.295 e. The predicted octanol–water partition coefficient (Wildman–Crippen LogP) is 3.43. The van der Waals surface area contributed by atoms with E-state index < -0.39 is 17.7 Å². The molecule has 148 valence electrons. The van der Waals surface area contributed by atoms with Gasteiger partial charge >= 0.3 is 0 Å². The minimum atomic E-state index is -0.716. The molecule has 1 aromatic carbocycles. The zero-order valence-corrected chi connectivity index (χ0v) is 16.3. The number of aliphatic hydroxyl groups is 1. The summed E-state index contributed by atoms with van der Waals surface area (Å²) >= 11 is 0. The van der Waals surface area contributed by atoms with Gasteiger partial charge in [-0.2, -0.15) is 0 Å². The van der Waals surface area contributed by atoms with Crippen LogP contribution in [0.1, 0.15) is 37.6 Å². The molecule has 6 heteroatoms. The van der Waals surface area contributed by atoms with Crippen LogP contribution < -0.4 is 0 Å². The maximum Gasteiger partial charge on any atom is 0.295 e. The molecule has 2 heterocycles. The molecule has 1 N–H and O–H groups in total. The molecular weight excluding hydrogens is 356 g/mol. The van der Waals surface area contributed by atoms with Gasteiger partial charge in [0, 0.05) is 12.1 Å². The lowest BCUT2D eigenvalue weighted by atomic mass is 9.99. The van der Waals surface area contributed by atoms with Crippen LogP contribution in [0.3, 0.4) is 0 Å². The molecule has 1 aliphatic heterocycles. The third kappa shape index (κ3) is 3.87. The van der Waals surface area contributed by atoms with Crippen molar-refractivity contribution in [2.75, 3.05) is 26.2 Å². The molecule has 1 aliphatic rings. The van der Waals surface area contributed by atoms with Gasteiger partial charge in [0.2, 0.25) is 0 Å². The highest BCUT2D eigenvalue weighted by Gasteiger charge is 2.47. The molecule has 1 saturated heterocycles. The quantitative estimate of drug-likeness (QED) is 0.430. The fourth-order valence-electron chi connectivity index (χ4n) is 3.61. The van der Waals surface area contributed by atoms with E-state index >= 15 is 0 Å². The van der Waals surface area contributed by atoms with Crippen LogP contribution in [0, 0.1) is 0 Å². The summed E-state index contributed by atoms with van der Waals surface area (Å²) < 4.78 is 5.53. The zero-order chi connectivity index (χ0) is 20.1. The number of benzene rings is 1. The number of hydrogen-bond donors (Lipinski definition) is 1. The zero-order valence-electron chi connectivity index (χ0n) is 16.3. The first-order valence-corrected chi connectivity index (χ1v) is 9.68. The Balaban J connectivity index is 1.94. The molecule has 0 saturated carbocycles. The molecule has 1 fully saturated rings. The first-order valence-electron chi connectivity index (χ1n) is 9.68. The lowest BCUT2D eigenvalue weighted by molar-refractivity contribution is -0.140. The maximum absolute atomic E-state index is 12.8. The number of carbonyl (C=O) groups excluding carboxylic acids is 2. The number of furan rings is 1. The third-order valence-electron chi connectivity index (χ3n) is 5.17. The number of hydrogen-bond acceptors (Lipinski definition) is 5. The summed E-state index contributed by atoms with van der Waals surface area (Å²) in [5.41, 5.74) is 0.578. The standard InChI is InChI=1S/C22H26N2O4/c1-3-23(4-2)13-9-14-24-19(17-12-8-15-28-17)18(21(26)22(24)27)20(25)16-10-6-5-7-11-16/h5-8,10-12,15,19,25H,3-4,9,13-14H2,1-2H3/t19-/m1/s1. The topological polar surface area (TPSA) is 74.0 Å². The highest BCUT2D eigenvalue weighted by atomic mass is 16.3. The Morgan fingerprint density at radius 3 is 2.43 bits per heavy atom. The minimum Gasteiger partial charge on any atom is -0.507 e. The van der Waals surface area contributed by atoms with Gasteiger partial charge in [0.1, 0.15) is 17.6 Å². The van der Waals surface area contributed by atoms with Crippen molar-refractivity contribution in [3.05, 3.63) is 65.6 Å². The van der Waals surface area contributed by atoms with Gasteiger partial charge in [-0.1, -0.05) is 44.2 Å². The SMILES string of the molecule is CCN(CC)CCCN1C(=O)C(=O)C(=C(O)c2ccccc2)[C@H]1c1ccco1. The summed E-state index contributed by atoms with van der Waals surface area (Å²) in [5.74, 6) is -0.977. The number of nitrogens with zero attached hydrogens (tertiary/aromatic N) is 2. The Bertz CT molecular complexity index is 839. The highest BCUT2D eigenvalue weighted by Crippen LogP contribution is 2.39. The van der Waals surface area contributed by atoms with Crippen molar-refractivity contribution >= 4 is 17.4 Å². The van der Waals surface area contributed by atoms with Gasteiger partial charge in [-0.3, -0.25) is 9.59 Å². The molecule has 1 atom stereocenters. The largest absolute Gasteiger partial charge is 0.507 e. The van der Waals surface area contributed by atoms with E-state index in [0.29, 0.717) is 17.9 Å². The average molecular weight is 382 g/mol. The molecule has 2 aromatic rings. The summed E-state index contributed by atoms with van der Waals surface area (Å²) in [4.78, 5) is 29.3. The minimum absolute atomic E-state index is 0.0778. The Hall–Kier alpha value is -2.86. The van der Waals surface area contributed by atoms with Crippen LogP contribution in [0.25, 0.3) is 5.76 Å². The summed E-state index contributed by atoms with van der Waals surface area (Å²) in [6, 6.07) is 11.5. The fourth-order valence-corrected chi connectivity index (χ4v) is 3.61. The second-order valence-corrected chi connectivity index (χ2v) is 6.75. The van der Waals surface area contributed by atoms with Gasteiger partial charge in [-0.05, 0) is 38.2 Å². The van der Waals surface area contributed by atoms with Crippen LogP contribution in [0.15, 0.2) is 58.7 Å². The monoisotopic (exact) mass is 382 g/mol. The Labute approximate surface area is 165 Å². The van der Waals surface area contributed by atoms with Crippen molar-refractivity contribution in [1.29, 1.82) is 0 Å². The van der Waals surface area contributed by atoms with E-state index in [1.165, 1.54) is 11.2 Å². The number of Topliss-reactive ketones (excluding diaryl/α,β-unsaturated/α-hetero) is 1. The maximum atomic E-state index is 12.8. The van der Waals surface area contributed by atoms with E-state index in [9.17, 15) is 14.7 Å². The predicted molar refractivity (Wildman–Crippen MR) is 107 cm³/mol. The van der Waals surface area contributed by atoms with Gasteiger partial charge in [-0.15, -0.1) is 0 Å². The van der Waals surface area contributed by atoms with Crippen molar-refractivity contribution in [1.82, 2.24) is 9.80 Å². The molecule has 1 amide bonds. The van der Waals surface area contributed by atoms with Gasteiger partial charge in [-0.25, -0.2) is 0 Å². The van der Waals surface area contributed by atoms with Crippen molar-refractivity contribution in [3.8, 4) is 0 Å². The van der Waals surface area contributed by atoms with E-state index in [0.717, 1.165) is 26.1 Å². The third-order valence-corrected chi connectivity index (χ3v) is 5.17. The first-order chi connectivity index (χ1) is 13.6. The molecule has 0 spiro atoms. The first kappa shape index (κ1) is 19.9. The van der Waals surface area contributed by atoms with E-state index in [-0.39, 0.29) is 11.3 Å². The van der Waals surface area contributed by atoms with Gasteiger partial charge in [0.25, 0.3) is 11.7 Å². The molecule has 1 aromatic heterocycles. The second-order valence-electron chi connectivity index (χ2n) is 6.75. The Kier molecular flexibility index (Phi) is 6.31. The van der Waals surface area contributed by atoms with E-state index in [2.05, 4.69) is 18.7 Å². The van der Waals surface area contributed by atoms with Gasteiger partial charge in [0.05, 0.1) is 11.8 Å². The normalized spacial score (nSPS) is 19.0. The summed E-state index contributed by atoms with van der Waals surface area (Å²) in [5, 5.41) is 10.8. The van der Waals surface area contributed by atoms with Crippen LogP contribution in [0.2, 0.25) is 0 Å². The Morgan fingerprint density at radius 2 is 1.82 bits per heavy atom. The number of rotatable bonds is 8. The number of ketones is 1. The van der Waals surface area contributed by atoms with Crippen LogP contribution in [0.5, 0.6) is 0 Å². The summed E-state index contributed by atoms with van der Waals surface area (Å²) in [6.07, 6.45) is 2.24. The van der Waals surface area contributed by atoms with Crippen molar-refractivity contribution in [2.45, 2.75) is 26.3 Å². The van der Waals surface area contributed by atoms with Crippen LogP contribution in [-0.2, 0) is 9.59 Å². The highest BCUT2D eigenvalue weighted by molar-refractivity contribution is 6.46. The van der Waals surface area contributed by atoms with E-state index in [1.54, 1.807) is 36.4 Å². The van der Waals surface area contributed by atoms with Crippen molar-refractivity contribution in [2.24, 2.45) is 0 Å². The molecule has 6 nitrogen and oxygen atoms in total. The van der Waals surface area contributed by atoms with Gasteiger partial charge < -0.3 is 19.3 Å². The fraction of sp³-hybridized carbons (Fsp3) is 0.364. The number of aliphatic hydroxyl groups excluding tert-OH is 1. The van der Waals surface area contributed by atoms with Crippen LogP contribution in [-0.4, -0.2) is 52.8 Å². The second kappa shape index (κ2) is 8.89. The lowest BCUT2D eigenvalue weighted by Crippen LogP contribution is -2.33. The van der Waals surface area contributed by atoms with Gasteiger partial charge in [0.15, 0.2) is 0 Å². The molecule has 0 unspecified atom stereocenters. The Morgan fingerprint density at radius 1 is 1.11 bits per heavy atom. The van der Waals surface area contributed by atoms with Crippen LogP contribution >= 0.6 is 0 Å². The molecular formula is C22H26N2O4. The van der Waals surface area contributed by atoms with Crippen LogP contribution in [0.4, 0.5) is 0 Å².